The molecule has 2 aromatic rings. The number of amides is 1. The first-order valence-corrected chi connectivity index (χ1v) is 9.44. The van der Waals surface area contributed by atoms with E-state index < -0.39 is 5.97 Å². The standard InChI is InChI=1S/C22H26N2O3/c1-3-24(21(25)18-10-7-11-19(14-18)22(26)27)20-12-13-23(15-20)16(2)17-8-5-4-6-9-17/h4-11,14,16,20H,3,12-13,15H2,1-2H3,(H,26,27). The number of hydrogen-bond acceptors (Lipinski definition) is 3. The van der Waals surface area contributed by atoms with Crippen molar-refractivity contribution in [2.45, 2.75) is 32.4 Å². The Labute approximate surface area is 160 Å². The quantitative estimate of drug-likeness (QED) is 0.847. The molecule has 2 unspecified atom stereocenters. The van der Waals surface area contributed by atoms with E-state index in [2.05, 4.69) is 36.1 Å². The molecule has 1 aliphatic rings. The summed E-state index contributed by atoms with van der Waals surface area (Å²) in [5, 5.41) is 9.17. The lowest BCUT2D eigenvalue weighted by atomic mass is 10.1. The van der Waals surface area contributed by atoms with Crippen LogP contribution in [0.2, 0.25) is 0 Å². The number of carbonyl (C=O) groups is 2. The zero-order valence-corrected chi connectivity index (χ0v) is 15.8. The van der Waals surface area contributed by atoms with E-state index in [1.165, 1.54) is 17.7 Å². The molecule has 1 amide bonds. The summed E-state index contributed by atoms with van der Waals surface area (Å²) in [6, 6.07) is 17.1. The molecule has 1 N–H and O–H groups in total. The minimum absolute atomic E-state index is 0.0974. The second-order valence-electron chi connectivity index (χ2n) is 7.00. The summed E-state index contributed by atoms with van der Waals surface area (Å²) in [4.78, 5) is 28.5. The maximum Gasteiger partial charge on any atom is 0.335 e. The van der Waals surface area contributed by atoms with Crippen molar-refractivity contribution in [1.29, 1.82) is 0 Å². The number of aromatic carboxylic acids is 1. The van der Waals surface area contributed by atoms with E-state index in [1.54, 1.807) is 12.1 Å². The van der Waals surface area contributed by atoms with Crippen LogP contribution in [0.25, 0.3) is 0 Å². The molecule has 2 aromatic carbocycles. The highest BCUT2D eigenvalue weighted by Gasteiger charge is 2.32. The van der Waals surface area contributed by atoms with Crippen LogP contribution in [0.4, 0.5) is 0 Å². The van der Waals surface area contributed by atoms with Gasteiger partial charge in [-0.15, -0.1) is 0 Å². The molecule has 5 nitrogen and oxygen atoms in total. The largest absolute Gasteiger partial charge is 0.478 e. The van der Waals surface area contributed by atoms with E-state index in [-0.39, 0.29) is 17.5 Å². The Bertz CT molecular complexity index is 806. The Morgan fingerprint density at radius 1 is 1.15 bits per heavy atom. The fraction of sp³-hybridized carbons (Fsp3) is 0.364. The van der Waals surface area contributed by atoms with Gasteiger partial charge < -0.3 is 10.0 Å². The second-order valence-corrected chi connectivity index (χ2v) is 7.00. The molecule has 1 aliphatic heterocycles. The molecule has 1 fully saturated rings. The number of likely N-dealkylation sites (tertiary alicyclic amines) is 1. The van der Waals surface area contributed by atoms with E-state index in [1.807, 2.05) is 17.9 Å². The molecule has 0 bridgehead atoms. The predicted molar refractivity (Wildman–Crippen MR) is 105 cm³/mol. The van der Waals surface area contributed by atoms with Gasteiger partial charge in [-0.3, -0.25) is 9.69 Å². The summed E-state index contributed by atoms with van der Waals surface area (Å²) in [5.41, 5.74) is 1.86. The van der Waals surface area contributed by atoms with Gasteiger partial charge in [0.1, 0.15) is 0 Å². The van der Waals surface area contributed by atoms with Crippen LogP contribution in [0.5, 0.6) is 0 Å². The number of rotatable bonds is 6. The Morgan fingerprint density at radius 3 is 2.52 bits per heavy atom. The third-order valence-corrected chi connectivity index (χ3v) is 5.42. The molecule has 0 spiro atoms. The molecule has 3 rings (SSSR count). The summed E-state index contributed by atoms with van der Waals surface area (Å²) >= 11 is 0. The number of hydrogen-bond donors (Lipinski definition) is 1. The van der Waals surface area contributed by atoms with Crippen LogP contribution in [0, 0.1) is 0 Å². The third kappa shape index (κ3) is 4.19. The molecule has 5 heteroatoms. The van der Waals surface area contributed by atoms with Crippen LogP contribution in [0.1, 0.15) is 52.6 Å². The van der Waals surface area contributed by atoms with Crippen LogP contribution in [-0.4, -0.2) is 52.5 Å². The first-order chi connectivity index (χ1) is 13.0. The summed E-state index contributed by atoms with van der Waals surface area (Å²) < 4.78 is 0. The van der Waals surface area contributed by atoms with Crippen molar-refractivity contribution in [2.24, 2.45) is 0 Å². The molecule has 142 valence electrons. The number of likely N-dealkylation sites (N-methyl/N-ethyl adjacent to an activating group) is 1. The van der Waals surface area contributed by atoms with Crippen LogP contribution in [0.3, 0.4) is 0 Å². The first kappa shape index (κ1) is 19.1. The number of nitrogens with zero attached hydrogens (tertiary/aromatic N) is 2. The van der Waals surface area contributed by atoms with E-state index in [4.69, 9.17) is 0 Å². The van der Waals surface area contributed by atoms with Crippen molar-refractivity contribution in [3.05, 3.63) is 71.3 Å². The van der Waals surface area contributed by atoms with Gasteiger partial charge in [0, 0.05) is 37.3 Å². The number of carboxylic acids is 1. The molecule has 1 saturated heterocycles. The van der Waals surface area contributed by atoms with Crippen molar-refractivity contribution in [3.8, 4) is 0 Å². The average Bonchev–Trinajstić information content (AvgIpc) is 3.18. The highest BCUT2D eigenvalue weighted by atomic mass is 16.4. The predicted octanol–water partition coefficient (Wildman–Crippen LogP) is 3.68. The second kappa shape index (κ2) is 8.35. The zero-order valence-electron chi connectivity index (χ0n) is 15.8. The van der Waals surface area contributed by atoms with Gasteiger partial charge in [0.05, 0.1) is 5.56 Å². The fourth-order valence-corrected chi connectivity index (χ4v) is 3.84. The highest BCUT2D eigenvalue weighted by molar-refractivity contribution is 5.97. The van der Waals surface area contributed by atoms with Gasteiger partial charge in [0.2, 0.25) is 0 Å². The van der Waals surface area contributed by atoms with Crippen molar-refractivity contribution in [3.63, 3.8) is 0 Å². The summed E-state index contributed by atoms with van der Waals surface area (Å²) in [6.07, 6.45) is 0.926. The lowest BCUT2D eigenvalue weighted by molar-refractivity contribution is 0.0689. The maximum absolute atomic E-state index is 13.0. The van der Waals surface area contributed by atoms with E-state index in [0.717, 1.165) is 19.5 Å². The number of carbonyl (C=O) groups excluding carboxylic acids is 1. The SMILES string of the molecule is CCN(C(=O)c1cccc(C(=O)O)c1)C1CCN(C(C)c2ccccc2)C1. The minimum atomic E-state index is -1.02. The minimum Gasteiger partial charge on any atom is -0.478 e. The van der Waals surface area contributed by atoms with Crippen LogP contribution < -0.4 is 0 Å². The molecule has 2 atom stereocenters. The van der Waals surface area contributed by atoms with Gasteiger partial charge in [-0.05, 0) is 44.0 Å². The zero-order chi connectivity index (χ0) is 19.4. The molecule has 0 radical (unpaired) electrons. The summed E-state index contributed by atoms with van der Waals surface area (Å²) in [7, 11) is 0. The molecule has 0 saturated carbocycles. The van der Waals surface area contributed by atoms with Gasteiger partial charge in [-0.25, -0.2) is 4.79 Å². The van der Waals surface area contributed by atoms with Gasteiger partial charge in [0.15, 0.2) is 0 Å². The maximum atomic E-state index is 13.0. The molecule has 0 aliphatic carbocycles. The highest BCUT2D eigenvalue weighted by Crippen LogP contribution is 2.27. The molecule has 1 heterocycles. The fourth-order valence-electron chi connectivity index (χ4n) is 3.84. The van der Waals surface area contributed by atoms with E-state index in [9.17, 15) is 14.7 Å². The van der Waals surface area contributed by atoms with Crippen molar-refractivity contribution >= 4 is 11.9 Å². The first-order valence-electron chi connectivity index (χ1n) is 9.44. The van der Waals surface area contributed by atoms with Crippen LogP contribution in [0.15, 0.2) is 54.6 Å². The Balaban J connectivity index is 1.72. The number of benzene rings is 2. The van der Waals surface area contributed by atoms with E-state index in [0.29, 0.717) is 18.2 Å². The van der Waals surface area contributed by atoms with Crippen molar-refractivity contribution in [2.75, 3.05) is 19.6 Å². The lowest BCUT2D eigenvalue weighted by Gasteiger charge is -2.30. The Hall–Kier alpha value is -2.66. The van der Waals surface area contributed by atoms with Crippen molar-refractivity contribution in [1.82, 2.24) is 9.80 Å². The van der Waals surface area contributed by atoms with Gasteiger partial charge >= 0.3 is 5.97 Å². The third-order valence-electron chi connectivity index (χ3n) is 5.42. The van der Waals surface area contributed by atoms with Crippen LogP contribution >= 0.6 is 0 Å². The van der Waals surface area contributed by atoms with Gasteiger partial charge in [-0.2, -0.15) is 0 Å². The smallest absolute Gasteiger partial charge is 0.335 e. The molecule has 27 heavy (non-hydrogen) atoms. The molecule has 0 aromatic heterocycles. The van der Waals surface area contributed by atoms with E-state index >= 15 is 0 Å². The topological polar surface area (TPSA) is 60.9 Å². The summed E-state index contributed by atoms with van der Waals surface area (Å²) in [6.45, 7) is 6.55. The Morgan fingerprint density at radius 2 is 1.85 bits per heavy atom. The lowest BCUT2D eigenvalue weighted by Crippen LogP contribution is -2.42. The van der Waals surface area contributed by atoms with Gasteiger partial charge in [0.25, 0.3) is 5.91 Å². The van der Waals surface area contributed by atoms with Crippen molar-refractivity contribution < 1.29 is 14.7 Å². The summed E-state index contributed by atoms with van der Waals surface area (Å²) in [5.74, 6) is -1.11. The molecular weight excluding hydrogens is 340 g/mol. The normalized spacial score (nSPS) is 18.2. The number of carboxylic acid groups (broad SMARTS) is 1. The monoisotopic (exact) mass is 366 g/mol. The average molecular weight is 366 g/mol. The Kier molecular flexibility index (Phi) is 5.91. The van der Waals surface area contributed by atoms with Gasteiger partial charge in [-0.1, -0.05) is 36.4 Å². The molecular formula is C22H26N2O3. The van der Waals surface area contributed by atoms with Crippen LogP contribution in [-0.2, 0) is 0 Å².